The molecule has 4 rings (SSSR count). The average Bonchev–Trinajstić information content (AvgIpc) is 3.14. The van der Waals surface area contributed by atoms with Gasteiger partial charge in [-0.05, 0) is 53.6 Å². The Morgan fingerprint density at radius 1 is 0.964 bits per heavy atom. The molecule has 1 aliphatic rings. The molecule has 1 N–H and O–H groups in total. The zero-order valence-electron chi connectivity index (χ0n) is 17.3. The van der Waals surface area contributed by atoms with E-state index in [0.29, 0.717) is 11.8 Å². The van der Waals surface area contributed by atoms with Crippen LogP contribution in [-0.4, -0.2) is 6.61 Å². The molecule has 0 bridgehead atoms. The van der Waals surface area contributed by atoms with Gasteiger partial charge in [0.25, 0.3) is 0 Å². The molecule has 3 aromatic rings. The molecule has 144 valence electrons. The Labute approximate surface area is 168 Å². The number of nitrogens with one attached hydrogen (secondary N) is 1. The summed E-state index contributed by atoms with van der Waals surface area (Å²) in [6.07, 6.45) is 0. The number of benzene rings is 3. The summed E-state index contributed by atoms with van der Waals surface area (Å²) in [4.78, 5) is 0. The standard InChI is InChI=1S/C26H29NO/c1-17(2)21-10-12-22(13-11-21)24-16-28-26-19(4)18(3)25(14-23(24)26)27-15-20-8-6-5-7-9-20/h5-14,17,24,27H,15-16H2,1-4H3. The van der Waals surface area contributed by atoms with Crippen molar-refractivity contribution in [1.82, 2.24) is 0 Å². The molecule has 0 aliphatic carbocycles. The number of fused-ring (bicyclic) bond motifs is 1. The summed E-state index contributed by atoms with van der Waals surface area (Å²) < 4.78 is 6.14. The third kappa shape index (κ3) is 3.52. The van der Waals surface area contributed by atoms with Gasteiger partial charge < -0.3 is 10.1 Å². The molecular weight excluding hydrogens is 342 g/mol. The highest BCUT2D eigenvalue weighted by Gasteiger charge is 2.29. The second-order valence-corrected chi connectivity index (χ2v) is 8.12. The topological polar surface area (TPSA) is 21.3 Å². The van der Waals surface area contributed by atoms with Gasteiger partial charge >= 0.3 is 0 Å². The maximum atomic E-state index is 6.14. The van der Waals surface area contributed by atoms with Crippen molar-refractivity contribution in [3.05, 3.63) is 94.0 Å². The van der Waals surface area contributed by atoms with Crippen LogP contribution in [0.25, 0.3) is 0 Å². The summed E-state index contributed by atoms with van der Waals surface area (Å²) in [5.41, 5.74) is 9.02. The largest absolute Gasteiger partial charge is 0.492 e. The minimum atomic E-state index is 0.299. The molecule has 28 heavy (non-hydrogen) atoms. The van der Waals surface area contributed by atoms with Gasteiger partial charge in [0.05, 0.1) is 6.61 Å². The first-order valence-corrected chi connectivity index (χ1v) is 10.2. The van der Waals surface area contributed by atoms with E-state index < -0.39 is 0 Å². The van der Waals surface area contributed by atoms with Crippen LogP contribution < -0.4 is 10.1 Å². The smallest absolute Gasteiger partial charge is 0.126 e. The maximum absolute atomic E-state index is 6.14. The summed E-state index contributed by atoms with van der Waals surface area (Å²) in [6, 6.07) is 21.9. The first-order chi connectivity index (χ1) is 13.5. The number of hydrogen-bond donors (Lipinski definition) is 1. The molecule has 0 spiro atoms. The Hall–Kier alpha value is -2.74. The Morgan fingerprint density at radius 2 is 1.68 bits per heavy atom. The van der Waals surface area contributed by atoms with Crippen molar-refractivity contribution < 1.29 is 4.74 Å². The molecule has 0 radical (unpaired) electrons. The van der Waals surface area contributed by atoms with Gasteiger partial charge in [-0.25, -0.2) is 0 Å². The van der Waals surface area contributed by atoms with E-state index in [1.165, 1.54) is 39.1 Å². The predicted octanol–water partition coefficient (Wildman–Crippen LogP) is 6.56. The lowest BCUT2D eigenvalue weighted by Gasteiger charge is -2.17. The normalized spacial score (nSPS) is 15.4. The summed E-state index contributed by atoms with van der Waals surface area (Å²) >= 11 is 0. The lowest BCUT2D eigenvalue weighted by atomic mass is 9.89. The number of anilines is 1. The fraction of sp³-hybridized carbons (Fsp3) is 0.308. The van der Waals surface area contributed by atoms with Crippen molar-refractivity contribution in [3.8, 4) is 5.75 Å². The second-order valence-electron chi connectivity index (χ2n) is 8.12. The summed E-state index contributed by atoms with van der Waals surface area (Å²) in [5.74, 6) is 1.92. The lowest BCUT2D eigenvalue weighted by Crippen LogP contribution is -2.05. The van der Waals surface area contributed by atoms with Crippen LogP contribution in [0.4, 0.5) is 5.69 Å². The third-order valence-electron chi connectivity index (χ3n) is 5.97. The maximum Gasteiger partial charge on any atom is 0.126 e. The van der Waals surface area contributed by atoms with Crippen molar-refractivity contribution in [2.75, 3.05) is 11.9 Å². The van der Waals surface area contributed by atoms with E-state index in [1.54, 1.807) is 0 Å². The van der Waals surface area contributed by atoms with Gasteiger partial charge in [0, 0.05) is 23.7 Å². The van der Waals surface area contributed by atoms with Crippen LogP contribution in [0.15, 0.2) is 60.7 Å². The fourth-order valence-electron chi connectivity index (χ4n) is 3.99. The van der Waals surface area contributed by atoms with Crippen molar-refractivity contribution in [1.29, 1.82) is 0 Å². The minimum absolute atomic E-state index is 0.299. The van der Waals surface area contributed by atoms with Gasteiger partial charge in [0.2, 0.25) is 0 Å². The highest BCUT2D eigenvalue weighted by molar-refractivity contribution is 5.65. The zero-order chi connectivity index (χ0) is 19.7. The van der Waals surface area contributed by atoms with Gasteiger partial charge in [0.1, 0.15) is 5.75 Å². The molecule has 0 saturated heterocycles. The highest BCUT2D eigenvalue weighted by atomic mass is 16.5. The highest BCUT2D eigenvalue weighted by Crippen LogP contribution is 2.44. The van der Waals surface area contributed by atoms with Gasteiger partial charge in [-0.2, -0.15) is 0 Å². The van der Waals surface area contributed by atoms with E-state index in [1.807, 2.05) is 0 Å². The molecule has 3 aromatic carbocycles. The van der Waals surface area contributed by atoms with Gasteiger partial charge in [-0.15, -0.1) is 0 Å². The number of hydrogen-bond acceptors (Lipinski definition) is 2. The molecule has 1 unspecified atom stereocenters. The monoisotopic (exact) mass is 371 g/mol. The molecule has 0 fully saturated rings. The summed E-state index contributed by atoms with van der Waals surface area (Å²) in [6.45, 7) is 10.4. The van der Waals surface area contributed by atoms with Crippen molar-refractivity contribution in [2.24, 2.45) is 0 Å². The van der Waals surface area contributed by atoms with Gasteiger partial charge in [-0.1, -0.05) is 68.4 Å². The van der Waals surface area contributed by atoms with Crippen LogP contribution in [-0.2, 0) is 6.54 Å². The fourth-order valence-corrected chi connectivity index (χ4v) is 3.99. The van der Waals surface area contributed by atoms with E-state index in [-0.39, 0.29) is 0 Å². The van der Waals surface area contributed by atoms with E-state index in [4.69, 9.17) is 4.74 Å². The first kappa shape index (κ1) is 18.6. The second kappa shape index (κ2) is 7.71. The van der Waals surface area contributed by atoms with Crippen molar-refractivity contribution in [2.45, 2.75) is 46.1 Å². The van der Waals surface area contributed by atoms with Crippen LogP contribution in [0.5, 0.6) is 5.75 Å². The van der Waals surface area contributed by atoms with Crippen molar-refractivity contribution >= 4 is 5.69 Å². The van der Waals surface area contributed by atoms with Crippen molar-refractivity contribution in [3.63, 3.8) is 0 Å². The first-order valence-electron chi connectivity index (χ1n) is 10.2. The van der Waals surface area contributed by atoms with Crippen LogP contribution in [0.2, 0.25) is 0 Å². The van der Waals surface area contributed by atoms with Gasteiger partial charge in [0.15, 0.2) is 0 Å². The Balaban J connectivity index is 1.63. The van der Waals surface area contributed by atoms with Crippen LogP contribution in [0.3, 0.4) is 0 Å². The molecule has 0 saturated carbocycles. The molecule has 0 amide bonds. The van der Waals surface area contributed by atoms with E-state index in [2.05, 4.69) is 93.7 Å². The molecule has 2 heteroatoms. The van der Waals surface area contributed by atoms with E-state index in [0.717, 1.165) is 18.9 Å². The summed E-state index contributed by atoms with van der Waals surface area (Å²) in [5, 5.41) is 3.64. The molecule has 1 atom stereocenters. The zero-order valence-corrected chi connectivity index (χ0v) is 17.3. The molecule has 0 aromatic heterocycles. The molecular formula is C26H29NO. The van der Waals surface area contributed by atoms with E-state index in [9.17, 15) is 0 Å². The minimum Gasteiger partial charge on any atom is -0.492 e. The van der Waals surface area contributed by atoms with Crippen LogP contribution in [0.1, 0.15) is 59.1 Å². The van der Waals surface area contributed by atoms with Crippen LogP contribution in [0, 0.1) is 13.8 Å². The Morgan fingerprint density at radius 3 is 2.36 bits per heavy atom. The Kier molecular flexibility index (Phi) is 5.13. The molecule has 1 aliphatic heterocycles. The summed E-state index contributed by atoms with van der Waals surface area (Å²) in [7, 11) is 0. The van der Waals surface area contributed by atoms with Gasteiger partial charge in [-0.3, -0.25) is 0 Å². The third-order valence-corrected chi connectivity index (χ3v) is 5.97. The Bertz CT molecular complexity index is 958. The molecule has 1 heterocycles. The SMILES string of the molecule is Cc1c(NCc2ccccc2)cc2c(c1C)OCC2c1ccc(C(C)C)cc1. The predicted molar refractivity (Wildman–Crippen MR) is 118 cm³/mol. The number of rotatable bonds is 5. The number of ether oxygens (including phenoxy) is 1. The lowest BCUT2D eigenvalue weighted by molar-refractivity contribution is 0.341. The van der Waals surface area contributed by atoms with Crippen LogP contribution >= 0.6 is 0 Å². The van der Waals surface area contributed by atoms with E-state index >= 15 is 0 Å². The quantitative estimate of drug-likeness (QED) is 0.548. The average molecular weight is 372 g/mol. The molecule has 2 nitrogen and oxygen atoms in total.